The third kappa shape index (κ3) is 7.43. The number of carbonyl (C=O) groups is 1. The van der Waals surface area contributed by atoms with Crippen molar-refractivity contribution in [3.8, 4) is 0 Å². The van der Waals surface area contributed by atoms with Gasteiger partial charge in [0.15, 0.2) is 0 Å². The van der Waals surface area contributed by atoms with Gasteiger partial charge < -0.3 is 10.1 Å². The first-order chi connectivity index (χ1) is 15.8. The summed E-state index contributed by atoms with van der Waals surface area (Å²) in [7, 11) is -3.50. The van der Waals surface area contributed by atoms with E-state index in [0.29, 0.717) is 29.2 Å². The van der Waals surface area contributed by atoms with Gasteiger partial charge in [0, 0.05) is 44.2 Å². The molecule has 0 unspecified atom stereocenters. The highest BCUT2D eigenvalue weighted by Crippen LogP contribution is 2.28. The second-order valence-corrected chi connectivity index (χ2v) is 10.6. The quantitative estimate of drug-likeness (QED) is 0.549. The highest BCUT2D eigenvalue weighted by atomic mass is 35.5. The molecule has 0 saturated carbocycles. The minimum Gasteiger partial charge on any atom is -0.379 e. The number of sulfonamides is 1. The molecule has 1 aliphatic heterocycles. The number of nitrogens with one attached hydrogen (secondary N) is 1. The number of hydrogen-bond acceptors (Lipinski definition) is 5. The van der Waals surface area contributed by atoms with Gasteiger partial charge in [-0.15, -0.1) is 0 Å². The number of rotatable bonds is 10. The monoisotopic (exact) mass is 493 g/mol. The minimum absolute atomic E-state index is 0.104. The molecule has 1 fully saturated rings. The van der Waals surface area contributed by atoms with Gasteiger partial charge >= 0.3 is 0 Å². The van der Waals surface area contributed by atoms with Crippen LogP contribution >= 0.6 is 11.6 Å². The first-order valence-corrected chi connectivity index (χ1v) is 13.3. The molecule has 0 spiro atoms. The van der Waals surface area contributed by atoms with Crippen LogP contribution in [0.4, 0.5) is 5.69 Å². The number of amides is 1. The molecule has 1 aliphatic rings. The number of ether oxygens (including phenoxy) is 1. The highest BCUT2D eigenvalue weighted by Gasteiger charge is 2.20. The summed E-state index contributed by atoms with van der Waals surface area (Å²) < 4.78 is 31.4. The van der Waals surface area contributed by atoms with E-state index < -0.39 is 10.0 Å². The van der Waals surface area contributed by atoms with Crippen molar-refractivity contribution in [2.45, 2.75) is 32.9 Å². The minimum atomic E-state index is -3.50. The lowest BCUT2D eigenvalue weighted by molar-refractivity contribution is -0.121. The van der Waals surface area contributed by atoms with Gasteiger partial charge in [-0.1, -0.05) is 41.9 Å². The van der Waals surface area contributed by atoms with Crippen LogP contribution in [-0.4, -0.2) is 58.3 Å². The Bertz CT molecular complexity index is 1060. The Morgan fingerprint density at radius 2 is 1.82 bits per heavy atom. The fraction of sp³-hybridized carbons (Fsp3) is 0.458. The van der Waals surface area contributed by atoms with E-state index in [1.165, 1.54) is 16.1 Å². The Morgan fingerprint density at radius 3 is 2.52 bits per heavy atom. The second-order valence-electron chi connectivity index (χ2n) is 8.26. The molecule has 9 heteroatoms. The van der Waals surface area contributed by atoms with Gasteiger partial charge in [0.2, 0.25) is 15.9 Å². The van der Waals surface area contributed by atoms with Crippen LogP contribution in [0.25, 0.3) is 0 Å². The zero-order valence-corrected chi connectivity index (χ0v) is 20.8. The number of halogens is 1. The summed E-state index contributed by atoms with van der Waals surface area (Å²) in [5, 5.41) is 3.49. The average Bonchev–Trinajstić information content (AvgIpc) is 2.78. The normalized spacial score (nSPS) is 14.8. The molecule has 1 heterocycles. The fourth-order valence-electron chi connectivity index (χ4n) is 3.88. The van der Waals surface area contributed by atoms with Crippen molar-refractivity contribution < 1.29 is 17.9 Å². The van der Waals surface area contributed by atoms with Gasteiger partial charge in [0.1, 0.15) is 0 Å². The molecule has 2 aromatic rings. The van der Waals surface area contributed by atoms with Gasteiger partial charge in [-0.3, -0.25) is 14.0 Å². The molecule has 2 aromatic carbocycles. The Morgan fingerprint density at radius 1 is 1.12 bits per heavy atom. The Labute approximate surface area is 201 Å². The van der Waals surface area contributed by atoms with E-state index in [9.17, 15) is 13.2 Å². The van der Waals surface area contributed by atoms with Gasteiger partial charge in [-0.25, -0.2) is 8.42 Å². The first kappa shape index (κ1) is 25.5. The number of nitrogens with zero attached hydrogens (tertiary/aromatic N) is 2. The summed E-state index contributed by atoms with van der Waals surface area (Å²) in [5.41, 5.74) is 3.53. The maximum absolute atomic E-state index is 12.5. The lowest BCUT2D eigenvalue weighted by Crippen LogP contribution is -2.36. The summed E-state index contributed by atoms with van der Waals surface area (Å²) in [6.07, 6.45) is 1.80. The predicted molar refractivity (Wildman–Crippen MR) is 132 cm³/mol. The smallest absolute Gasteiger partial charge is 0.232 e. The molecule has 0 radical (unpaired) electrons. The highest BCUT2D eigenvalue weighted by molar-refractivity contribution is 7.92. The Hall–Kier alpha value is -2.13. The van der Waals surface area contributed by atoms with Crippen molar-refractivity contribution in [2.24, 2.45) is 0 Å². The number of morpholine rings is 1. The number of anilines is 1. The van der Waals surface area contributed by atoms with Gasteiger partial charge in [0.25, 0.3) is 0 Å². The standard InChI is InChI=1S/C24H32ClN3O4S/c1-19-22(25)9-5-10-23(19)28(33(2,30)31)12-6-11-24(29)26-17-20-7-3-4-8-21(20)18-27-13-15-32-16-14-27/h3-5,7-10H,6,11-18H2,1-2H3,(H,26,29). The zero-order valence-electron chi connectivity index (χ0n) is 19.2. The molecule has 180 valence electrons. The maximum atomic E-state index is 12.5. The summed E-state index contributed by atoms with van der Waals surface area (Å²) in [4.78, 5) is 14.8. The van der Waals surface area contributed by atoms with E-state index in [0.717, 1.165) is 38.4 Å². The zero-order chi connectivity index (χ0) is 23.8. The Balaban J connectivity index is 1.53. The molecule has 0 atom stereocenters. The molecule has 0 aromatic heterocycles. The Kier molecular flexibility index (Phi) is 9.14. The number of benzene rings is 2. The van der Waals surface area contributed by atoms with Gasteiger partial charge in [-0.05, 0) is 42.2 Å². The lowest BCUT2D eigenvalue weighted by Gasteiger charge is -2.27. The van der Waals surface area contributed by atoms with E-state index in [1.807, 2.05) is 18.2 Å². The first-order valence-electron chi connectivity index (χ1n) is 11.1. The summed E-state index contributed by atoms with van der Waals surface area (Å²) in [5.74, 6) is -0.104. The van der Waals surface area contributed by atoms with Crippen molar-refractivity contribution >= 4 is 33.2 Å². The molecule has 0 aliphatic carbocycles. The average molecular weight is 494 g/mol. The van der Waals surface area contributed by atoms with Gasteiger partial charge in [-0.2, -0.15) is 0 Å². The van der Waals surface area contributed by atoms with E-state index in [4.69, 9.17) is 16.3 Å². The fourth-order valence-corrected chi connectivity index (χ4v) is 5.07. The van der Waals surface area contributed by atoms with Gasteiger partial charge in [0.05, 0.1) is 25.2 Å². The van der Waals surface area contributed by atoms with Crippen LogP contribution in [0.2, 0.25) is 5.02 Å². The van der Waals surface area contributed by atoms with E-state index in [-0.39, 0.29) is 18.9 Å². The van der Waals surface area contributed by atoms with E-state index in [1.54, 1.807) is 25.1 Å². The number of carbonyl (C=O) groups excluding carboxylic acids is 1. The third-order valence-corrected chi connectivity index (χ3v) is 7.35. The molecule has 1 amide bonds. The third-order valence-electron chi connectivity index (χ3n) is 5.77. The lowest BCUT2D eigenvalue weighted by atomic mass is 10.1. The van der Waals surface area contributed by atoms with Crippen LogP contribution in [-0.2, 0) is 32.6 Å². The van der Waals surface area contributed by atoms with Crippen molar-refractivity contribution in [1.29, 1.82) is 0 Å². The predicted octanol–water partition coefficient (Wildman–Crippen LogP) is 3.34. The van der Waals surface area contributed by atoms with Crippen LogP contribution < -0.4 is 9.62 Å². The molecule has 7 nitrogen and oxygen atoms in total. The molecular weight excluding hydrogens is 462 g/mol. The van der Waals surface area contributed by atoms with Crippen molar-refractivity contribution in [3.63, 3.8) is 0 Å². The SMILES string of the molecule is Cc1c(Cl)cccc1N(CCCC(=O)NCc1ccccc1CN1CCOCC1)S(C)(=O)=O. The summed E-state index contributed by atoms with van der Waals surface area (Å²) >= 11 is 6.17. The summed E-state index contributed by atoms with van der Waals surface area (Å²) in [6.45, 7) is 6.59. The second kappa shape index (κ2) is 11.8. The van der Waals surface area contributed by atoms with Crippen LogP contribution in [0.5, 0.6) is 0 Å². The van der Waals surface area contributed by atoms with Crippen LogP contribution in [0.3, 0.4) is 0 Å². The van der Waals surface area contributed by atoms with E-state index in [2.05, 4.69) is 16.3 Å². The van der Waals surface area contributed by atoms with Crippen molar-refractivity contribution in [1.82, 2.24) is 10.2 Å². The van der Waals surface area contributed by atoms with Crippen LogP contribution in [0, 0.1) is 6.92 Å². The van der Waals surface area contributed by atoms with Crippen LogP contribution in [0.15, 0.2) is 42.5 Å². The van der Waals surface area contributed by atoms with Crippen LogP contribution in [0.1, 0.15) is 29.5 Å². The summed E-state index contributed by atoms with van der Waals surface area (Å²) in [6, 6.07) is 13.3. The molecule has 0 bridgehead atoms. The van der Waals surface area contributed by atoms with Crippen molar-refractivity contribution in [2.75, 3.05) is 43.4 Å². The molecule has 1 N–H and O–H groups in total. The molecule has 33 heavy (non-hydrogen) atoms. The molecular formula is C24H32ClN3O4S. The van der Waals surface area contributed by atoms with E-state index >= 15 is 0 Å². The largest absolute Gasteiger partial charge is 0.379 e. The van der Waals surface area contributed by atoms with Crippen molar-refractivity contribution in [3.05, 3.63) is 64.2 Å². The molecule has 1 saturated heterocycles. The number of hydrogen-bond donors (Lipinski definition) is 1. The molecule has 3 rings (SSSR count). The topological polar surface area (TPSA) is 79.0 Å². The maximum Gasteiger partial charge on any atom is 0.232 e.